The molecule has 0 aromatic heterocycles. The van der Waals surface area contributed by atoms with Gasteiger partial charge in [-0.15, -0.1) is 0 Å². The number of methoxy groups -OCH3 is 1. The highest BCUT2D eigenvalue weighted by atomic mass is 35.5. The van der Waals surface area contributed by atoms with E-state index in [0.717, 1.165) is 11.3 Å². The molecule has 0 amide bonds. The number of hydrogen-bond donors (Lipinski definition) is 0. The Bertz CT molecular complexity index is 376. The zero-order chi connectivity index (χ0) is 12.0. The highest BCUT2D eigenvalue weighted by molar-refractivity contribution is 6.42. The quantitative estimate of drug-likeness (QED) is 0.743. The molecule has 0 unspecified atom stereocenters. The lowest BCUT2D eigenvalue weighted by Crippen LogP contribution is -1.96. The van der Waals surface area contributed by atoms with Crippen molar-refractivity contribution in [1.82, 2.24) is 0 Å². The minimum atomic E-state index is 0.504. The monoisotopic (exact) mass is 260 g/mol. The molecule has 0 spiro atoms. The zero-order valence-corrected chi connectivity index (χ0v) is 10.8. The summed E-state index contributed by atoms with van der Waals surface area (Å²) in [5.74, 6) is 0.762. The van der Waals surface area contributed by atoms with Crippen LogP contribution in [0.4, 0.5) is 0 Å². The summed E-state index contributed by atoms with van der Waals surface area (Å²) < 4.78 is 10.3. The minimum absolute atomic E-state index is 0.504. The Morgan fingerprint density at radius 2 is 1.94 bits per heavy atom. The van der Waals surface area contributed by atoms with Gasteiger partial charge >= 0.3 is 0 Å². The van der Waals surface area contributed by atoms with Gasteiger partial charge in [-0.3, -0.25) is 0 Å². The molecule has 0 saturated heterocycles. The van der Waals surface area contributed by atoms with Crippen molar-refractivity contribution >= 4 is 23.2 Å². The summed E-state index contributed by atoms with van der Waals surface area (Å²) in [5.41, 5.74) is 0.990. The molecular formula is C12H14Cl2O2. The number of ether oxygens (including phenoxy) is 2. The molecule has 88 valence electrons. The predicted molar refractivity (Wildman–Crippen MR) is 67.5 cm³/mol. The Morgan fingerprint density at radius 1 is 1.25 bits per heavy atom. The van der Waals surface area contributed by atoms with Crippen molar-refractivity contribution in [3.05, 3.63) is 40.1 Å². The fourth-order valence-corrected chi connectivity index (χ4v) is 1.63. The van der Waals surface area contributed by atoms with Gasteiger partial charge in [0.2, 0.25) is 0 Å². The molecule has 0 bridgehead atoms. The van der Waals surface area contributed by atoms with E-state index in [0.29, 0.717) is 23.1 Å². The maximum absolute atomic E-state index is 5.96. The van der Waals surface area contributed by atoms with Gasteiger partial charge in [0, 0.05) is 6.07 Å². The van der Waals surface area contributed by atoms with Crippen molar-refractivity contribution in [2.45, 2.75) is 13.3 Å². The first-order valence-corrected chi connectivity index (χ1v) is 5.73. The Labute approximate surface area is 106 Å². The molecule has 0 aliphatic heterocycles. The van der Waals surface area contributed by atoms with Crippen LogP contribution < -0.4 is 4.74 Å². The number of hydrogen-bond acceptors (Lipinski definition) is 2. The molecule has 2 nitrogen and oxygen atoms in total. The third kappa shape index (κ3) is 3.62. The second-order valence-electron chi connectivity index (χ2n) is 3.12. The number of benzene rings is 1. The fourth-order valence-electron chi connectivity index (χ4n) is 1.29. The number of rotatable bonds is 5. The van der Waals surface area contributed by atoms with Crippen molar-refractivity contribution in [3.63, 3.8) is 0 Å². The van der Waals surface area contributed by atoms with Crippen molar-refractivity contribution in [2.75, 3.05) is 13.7 Å². The van der Waals surface area contributed by atoms with Crippen LogP contribution in [0.2, 0.25) is 10.0 Å². The summed E-state index contributed by atoms with van der Waals surface area (Å²) in [4.78, 5) is 0. The van der Waals surface area contributed by atoms with Crippen LogP contribution in [0.3, 0.4) is 0 Å². The first-order valence-electron chi connectivity index (χ1n) is 4.97. The highest BCUT2D eigenvalue weighted by Crippen LogP contribution is 2.31. The van der Waals surface area contributed by atoms with Crippen LogP contribution in [0.25, 0.3) is 0 Å². The zero-order valence-electron chi connectivity index (χ0n) is 9.30. The molecule has 1 aromatic carbocycles. The molecule has 0 aliphatic rings. The van der Waals surface area contributed by atoms with E-state index in [1.165, 1.54) is 0 Å². The normalized spacial score (nSPS) is 10.8. The van der Waals surface area contributed by atoms with Gasteiger partial charge in [-0.2, -0.15) is 0 Å². The van der Waals surface area contributed by atoms with Crippen molar-refractivity contribution in [2.24, 2.45) is 0 Å². The van der Waals surface area contributed by atoms with Crippen molar-refractivity contribution in [3.8, 4) is 5.75 Å². The largest absolute Gasteiger partial charge is 0.505 e. The Balaban J connectivity index is 2.94. The van der Waals surface area contributed by atoms with E-state index >= 15 is 0 Å². The van der Waals surface area contributed by atoms with Gasteiger partial charge in [-0.25, -0.2) is 0 Å². The summed E-state index contributed by atoms with van der Waals surface area (Å²) >= 11 is 11.9. The van der Waals surface area contributed by atoms with E-state index in [-0.39, 0.29) is 0 Å². The standard InChI is InChI=1S/C12H14Cl2O2/c1-3-16-12-8-11(14)10(13)7-9(12)5-4-6-15-2/h4,6-8H,3,5H2,1-2H3/b6-4+. The van der Waals surface area contributed by atoms with Crippen molar-refractivity contribution in [1.29, 1.82) is 0 Å². The van der Waals surface area contributed by atoms with Gasteiger partial charge in [-0.05, 0) is 31.1 Å². The van der Waals surface area contributed by atoms with Crippen LogP contribution in [0, 0.1) is 0 Å². The van der Waals surface area contributed by atoms with Gasteiger partial charge in [0.15, 0.2) is 0 Å². The molecular weight excluding hydrogens is 247 g/mol. The summed E-state index contributed by atoms with van der Waals surface area (Å²) in [5, 5.41) is 1.04. The molecule has 0 heterocycles. The first kappa shape index (κ1) is 13.2. The maximum Gasteiger partial charge on any atom is 0.124 e. The Morgan fingerprint density at radius 3 is 2.56 bits per heavy atom. The van der Waals surface area contributed by atoms with Crippen LogP contribution in [0.1, 0.15) is 12.5 Å². The molecule has 16 heavy (non-hydrogen) atoms. The summed E-state index contributed by atoms with van der Waals surface area (Å²) in [6.07, 6.45) is 4.21. The smallest absolute Gasteiger partial charge is 0.124 e. The van der Waals surface area contributed by atoms with Crippen LogP contribution in [-0.2, 0) is 11.2 Å². The van der Waals surface area contributed by atoms with E-state index < -0.39 is 0 Å². The molecule has 0 saturated carbocycles. The average Bonchev–Trinajstić information content (AvgIpc) is 2.25. The maximum atomic E-state index is 5.96. The van der Waals surface area contributed by atoms with Crippen molar-refractivity contribution < 1.29 is 9.47 Å². The SMILES string of the molecule is CCOc1cc(Cl)c(Cl)cc1C/C=C/OC. The third-order valence-corrected chi connectivity index (χ3v) is 2.70. The van der Waals surface area contributed by atoms with Gasteiger partial charge in [0.25, 0.3) is 0 Å². The van der Waals surface area contributed by atoms with E-state index in [2.05, 4.69) is 0 Å². The summed E-state index contributed by atoms with van der Waals surface area (Å²) in [6, 6.07) is 3.55. The molecule has 4 heteroatoms. The lowest BCUT2D eigenvalue weighted by molar-refractivity contribution is 0.334. The van der Waals surface area contributed by atoms with E-state index in [4.69, 9.17) is 32.7 Å². The number of allylic oxidation sites excluding steroid dienone is 1. The van der Waals surface area contributed by atoms with Gasteiger partial charge in [-0.1, -0.05) is 23.2 Å². The molecule has 0 aliphatic carbocycles. The second-order valence-corrected chi connectivity index (χ2v) is 3.93. The summed E-state index contributed by atoms with van der Waals surface area (Å²) in [6.45, 7) is 2.52. The van der Waals surface area contributed by atoms with Crippen LogP contribution >= 0.6 is 23.2 Å². The number of halogens is 2. The van der Waals surface area contributed by atoms with E-state index in [1.54, 1.807) is 19.4 Å². The molecule has 1 aromatic rings. The van der Waals surface area contributed by atoms with Crippen LogP contribution in [0.15, 0.2) is 24.5 Å². The lowest BCUT2D eigenvalue weighted by Gasteiger charge is -2.10. The average molecular weight is 261 g/mol. The topological polar surface area (TPSA) is 18.5 Å². The Kier molecular flexibility index (Phi) is 5.50. The lowest BCUT2D eigenvalue weighted by atomic mass is 10.1. The van der Waals surface area contributed by atoms with Gasteiger partial charge in [0.05, 0.1) is 30.0 Å². The third-order valence-electron chi connectivity index (χ3n) is 1.97. The van der Waals surface area contributed by atoms with Gasteiger partial charge in [0.1, 0.15) is 5.75 Å². The van der Waals surface area contributed by atoms with E-state index in [9.17, 15) is 0 Å². The molecule has 0 N–H and O–H groups in total. The first-order chi connectivity index (χ1) is 7.69. The van der Waals surface area contributed by atoms with Gasteiger partial charge < -0.3 is 9.47 Å². The Hall–Kier alpha value is -0.860. The molecule has 1 rings (SSSR count). The van der Waals surface area contributed by atoms with E-state index in [1.807, 2.05) is 19.1 Å². The fraction of sp³-hybridized carbons (Fsp3) is 0.333. The van der Waals surface area contributed by atoms with Crippen LogP contribution in [-0.4, -0.2) is 13.7 Å². The predicted octanol–water partition coefficient (Wildman–Crippen LogP) is 4.09. The minimum Gasteiger partial charge on any atom is -0.505 e. The van der Waals surface area contributed by atoms with Crippen LogP contribution in [0.5, 0.6) is 5.75 Å². The summed E-state index contributed by atoms with van der Waals surface area (Å²) in [7, 11) is 1.61. The molecule has 0 atom stereocenters. The molecule has 0 fully saturated rings. The molecule has 0 radical (unpaired) electrons. The second kappa shape index (κ2) is 6.66. The highest BCUT2D eigenvalue weighted by Gasteiger charge is 2.07.